The third kappa shape index (κ3) is 39.5. The average molecular weight is 723 g/mol. The first-order valence-corrected chi connectivity index (χ1v) is 22.2. The lowest BCUT2D eigenvalue weighted by atomic mass is 10.0. The molecule has 1 atom stereocenters. The Morgan fingerprint density at radius 2 is 0.647 bits per heavy atom. The lowest BCUT2D eigenvalue weighted by molar-refractivity contribution is -0.167. The lowest BCUT2D eigenvalue weighted by Crippen LogP contribution is -2.30. The standard InChI is InChI=1S/C45H86O6/c1-6-7-8-9-10-11-12-13-20-25-30-35-43(46)49-38-42(51-45(48)37-32-27-22-17-15-19-24-29-34-41(4)5)39-50-44(47)36-31-26-21-16-14-18-23-28-33-40(2)3/h40-42H,6-39H2,1-5H3/t42-/m1/s1. The topological polar surface area (TPSA) is 78.9 Å². The van der Waals surface area contributed by atoms with Crippen LogP contribution in [0.25, 0.3) is 0 Å². The summed E-state index contributed by atoms with van der Waals surface area (Å²) in [5.74, 6) is 0.727. The van der Waals surface area contributed by atoms with Crippen molar-refractivity contribution in [3.05, 3.63) is 0 Å². The van der Waals surface area contributed by atoms with Crippen molar-refractivity contribution in [1.29, 1.82) is 0 Å². The van der Waals surface area contributed by atoms with Crippen LogP contribution in [0.5, 0.6) is 0 Å². The van der Waals surface area contributed by atoms with Gasteiger partial charge in [-0.05, 0) is 31.1 Å². The summed E-state index contributed by atoms with van der Waals surface area (Å²) in [5, 5.41) is 0. The maximum absolute atomic E-state index is 12.7. The Kier molecular flexibility index (Phi) is 37.0. The molecule has 0 rings (SSSR count). The van der Waals surface area contributed by atoms with Crippen molar-refractivity contribution in [3.63, 3.8) is 0 Å². The Hall–Kier alpha value is -1.59. The highest BCUT2D eigenvalue weighted by Crippen LogP contribution is 2.16. The number of rotatable bonds is 39. The van der Waals surface area contributed by atoms with E-state index in [2.05, 4.69) is 34.6 Å². The molecule has 0 saturated heterocycles. The summed E-state index contributed by atoms with van der Waals surface area (Å²) in [7, 11) is 0. The highest BCUT2D eigenvalue weighted by atomic mass is 16.6. The summed E-state index contributed by atoms with van der Waals surface area (Å²) >= 11 is 0. The van der Waals surface area contributed by atoms with Gasteiger partial charge in [0.05, 0.1) is 0 Å². The van der Waals surface area contributed by atoms with Gasteiger partial charge in [0.15, 0.2) is 6.10 Å². The third-order valence-corrected chi connectivity index (χ3v) is 9.97. The van der Waals surface area contributed by atoms with Crippen LogP contribution in [-0.4, -0.2) is 37.2 Å². The summed E-state index contributed by atoms with van der Waals surface area (Å²) in [5.41, 5.74) is 0. The van der Waals surface area contributed by atoms with Gasteiger partial charge in [-0.2, -0.15) is 0 Å². The molecule has 0 saturated carbocycles. The number of ether oxygens (including phenoxy) is 3. The highest BCUT2D eigenvalue weighted by molar-refractivity contribution is 5.71. The molecule has 0 N–H and O–H groups in total. The average Bonchev–Trinajstić information content (AvgIpc) is 3.09. The van der Waals surface area contributed by atoms with Gasteiger partial charge < -0.3 is 14.2 Å². The van der Waals surface area contributed by atoms with Gasteiger partial charge in [-0.15, -0.1) is 0 Å². The van der Waals surface area contributed by atoms with Gasteiger partial charge in [-0.3, -0.25) is 14.4 Å². The minimum absolute atomic E-state index is 0.0656. The van der Waals surface area contributed by atoms with E-state index in [0.717, 1.165) is 69.6 Å². The van der Waals surface area contributed by atoms with Gasteiger partial charge >= 0.3 is 17.9 Å². The van der Waals surface area contributed by atoms with Crippen LogP contribution in [0.3, 0.4) is 0 Å². The van der Waals surface area contributed by atoms with E-state index < -0.39 is 6.10 Å². The first kappa shape index (κ1) is 49.4. The Bertz CT molecular complexity index is 779. The second-order valence-corrected chi connectivity index (χ2v) is 16.3. The molecule has 0 unspecified atom stereocenters. The zero-order chi connectivity index (χ0) is 37.6. The van der Waals surface area contributed by atoms with E-state index in [4.69, 9.17) is 14.2 Å². The van der Waals surface area contributed by atoms with Crippen molar-refractivity contribution in [2.45, 2.75) is 246 Å². The Labute approximate surface area is 317 Å². The molecule has 0 aliphatic carbocycles. The van der Waals surface area contributed by atoms with Crippen molar-refractivity contribution in [3.8, 4) is 0 Å². The summed E-state index contributed by atoms with van der Waals surface area (Å²) < 4.78 is 16.7. The SMILES string of the molecule is CCCCCCCCCCCCCC(=O)OC[C@H](COC(=O)CCCCCCCCCCC(C)C)OC(=O)CCCCCCCCCCC(C)C. The number of unbranched alkanes of at least 4 members (excludes halogenated alkanes) is 24. The van der Waals surface area contributed by atoms with E-state index in [1.54, 1.807) is 0 Å². The number of esters is 3. The largest absolute Gasteiger partial charge is 0.462 e. The normalized spacial score (nSPS) is 12.1. The van der Waals surface area contributed by atoms with Gasteiger partial charge in [-0.25, -0.2) is 0 Å². The van der Waals surface area contributed by atoms with Crippen LogP contribution in [0.15, 0.2) is 0 Å². The Morgan fingerprint density at radius 3 is 0.961 bits per heavy atom. The number of carbonyl (C=O) groups is 3. The quantitative estimate of drug-likeness (QED) is 0.0357. The van der Waals surface area contributed by atoms with Gasteiger partial charge in [0.1, 0.15) is 13.2 Å². The molecule has 302 valence electrons. The van der Waals surface area contributed by atoms with Crippen molar-refractivity contribution >= 4 is 17.9 Å². The van der Waals surface area contributed by atoms with E-state index in [1.807, 2.05) is 0 Å². The summed E-state index contributed by atoms with van der Waals surface area (Å²) in [4.78, 5) is 37.6. The maximum atomic E-state index is 12.7. The smallest absolute Gasteiger partial charge is 0.306 e. The first-order valence-electron chi connectivity index (χ1n) is 22.2. The fourth-order valence-electron chi connectivity index (χ4n) is 6.58. The molecule has 0 spiro atoms. The predicted molar refractivity (Wildman–Crippen MR) is 215 cm³/mol. The Balaban J connectivity index is 4.35. The van der Waals surface area contributed by atoms with Crippen LogP contribution in [0.2, 0.25) is 0 Å². The van der Waals surface area contributed by atoms with Crippen LogP contribution in [0, 0.1) is 11.8 Å². The number of carbonyl (C=O) groups excluding carboxylic acids is 3. The van der Waals surface area contributed by atoms with Gasteiger partial charge in [0, 0.05) is 19.3 Å². The summed E-state index contributed by atoms with van der Waals surface area (Å²) in [6, 6.07) is 0. The molecule has 0 aromatic rings. The molecule has 51 heavy (non-hydrogen) atoms. The number of hydrogen-bond acceptors (Lipinski definition) is 6. The van der Waals surface area contributed by atoms with Crippen LogP contribution in [0.4, 0.5) is 0 Å². The second kappa shape index (κ2) is 38.1. The lowest BCUT2D eigenvalue weighted by Gasteiger charge is -2.18. The van der Waals surface area contributed by atoms with E-state index in [9.17, 15) is 14.4 Å². The van der Waals surface area contributed by atoms with Gasteiger partial charge in [0.25, 0.3) is 0 Å². The predicted octanol–water partition coefficient (Wildman–Crippen LogP) is 13.8. The van der Waals surface area contributed by atoms with Crippen LogP contribution in [0.1, 0.15) is 240 Å². The molecular formula is C45H86O6. The monoisotopic (exact) mass is 723 g/mol. The molecule has 0 bridgehead atoms. The molecule has 0 heterocycles. The molecule has 0 aliphatic heterocycles. The molecular weight excluding hydrogens is 636 g/mol. The van der Waals surface area contributed by atoms with Crippen molar-refractivity contribution in [1.82, 2.24) is 0 Å². The first-order chi connectivity index (χ1) is 24.7. The van der Waals surface area contributed by atoms with Gasteiger partial charge in [0.2, 0.25) is 0 Å². The van der Waals surface area contributed by atoms with Crippen LogP contribution in [-0.2, 0) is 28.6 Å². The Morgan fingerprint density at radius 1 is 0.373 bits per heavy atom. The molecule has 0 aromatic heterocycles. The molecule has 0 aromatic carbocycles. The van der Waals surface area contributed by atoms with Crippen LogP contribution < -0.4 is 0 Å². The maximum Gasteiger partial charge on any atom is 0.306 e. The molecule has 0 fully saturated rings. The van der Waals surface area contributed by atoms with Gasteiger partial charge in [-0.1, -0.05) is 202 Å². The van der Waals surface area contributed by atoms with Crippen molar-refractivity contribution < 1.29 is 28.6 Å². The molecule has 6 nitrogen and oxygen atoms in total. The fraction of sp³-hybridized carbons (Fsp3) is 0.933. The van der Waals surface area contributed by atoms with Crippen LogP contribution >= 0.6 is 0 Å². The molecule has 0 amide bonds. The molecule has 0 aliphatic rings. The number of hydrogen-bond donors (Lipinski definition) is 0. The fourth-order valence-corrected chi connectivity index (χ4v) is 6.58. The zero-order valence-electron chi connectivity index (χ0n) is 34.7. The third-order valence-electron chi connectivity index (χ3n) is 9.97. The molecule has 6 heteroatoms. The zero-order valence-corrected chi connectivity index (χ0v) is 34.7. The summed E-state index contributed by atoms with van der Waals surface area (Å²) in [6.07, 6.45) is 35.2. The second-order valence-electron chi connectivity index (χ2n) is 16.3. The van der Waals surface area contributed by atoms with E-state index in [0.29, 0.717) is 19.3 Å². The van der Waals surface area contributed by atoms with E-state index >= 15 is 0 Å². The minimum atomic E-state index is -0.760. The summed E-state index contributed by atoms with van der Waals surface area (Å²) in [6.45, 7) is 11.3. The highest BCUT2D eigenvalue weighted by Gasteiger charge is 2.19. The van der Waals surface area contributed by atoms with E-state index in [1.165, 1.54) is 128 Å². The minimum Gasteiger partial charge on any atom is -0.462 e. The van der Waals surface area contributed by atoms with E-state index in [-0.39, 0.29) is 31.1 Å². The molecule has 0 radical (unpaired) electrons. The van der Waals surface area contributed by atoms with Crippen molar-refractivity contribution in [2.24, 2.45) is 11.8 Å². The van der Waals surface area contributed by atoms with Crippen molar-refractivity contribution in [2.75, 3.05) is 13.2 Å².